The number of anilines is 2. The summed E-state index contributed by atoms with van der Waals surface area (Å²) in [6.07, 6.45) is 1.20. The molecule has 1 aliphatic heterocycles. The third kappa shape index (κ3) is 4.14. The second-order valence-electron chi connectivity index (χ2n) is 6.20. The van der Waals surface area contributed by atoms with Crippen LogP contribution in [-0.2, 0) is 4.79 Å². The van der Waals surface area contributed by atoms with E-state index in [1.54, 1.807) is 37.1 Å². The number of aromatic nitrogens is 1. The topological polar surface area (TPSA) is 96.7 Å². The normalized spacial score (nSPS) is 14.8. The number of amides is 3. The van der Waals surface area contributed by atoms with Crippen LogP contribution in [0.25, 0.3) is 0 Å². The van der Waals surface area contributed by atoms with E-state index >= 15 is 0 Å². The number of piperidine rings is 1. The standard InChI is InChI=1S/C18H22N4O4/c1-12-11-16(21-26-12)20-17(23)13-7-9-22(10-8-13)18(24)19-14-5-3-4-6-15(14)25-2/h3-6,11,13H,7-10H2,1-2H3,(H,19,24)(H,20,21,23). The molecule has 8 heteroatoms. The molecular formula is C18H22N4O4. The lowest BCUT2D eigenvalue weighted by molar-refractivity contribution is -0.121. The van der Waals surface area contributed by atoms with E-state index in [4.69, 9.17) is 9.26 Å². The van der Waals surface area contributed by atoms with Gasteiger partial charge in [0, 0.05) is 25.1 Å². The highest BCUT2D eigenvalue weighted by molar-refractivity contribution is 5.93. The minimum Gasteiger partial charge on any atom is -0.495 e. The van der Waals surface area contributed by atoms with Gasteiger partial charge in [-0.2, -0.15) is 0 Å². The van der Waals surface area contributed by atoms with Gasteiger partial charge in [0.2, 0.25) is 5.91 Å². The fourth-order valence-corrected chi connectivity index (χ4v) is 2.94. The van der Waals surface area contributed by atoms with Crippen LogP contribution in [0.2, 0.25) is 0 Å². The van der Waals surface area contributed by atoms with Crippen LogP contribution in [0.3, 0.4) is 0 Å². The van der Waals surface area contributed by atoms with Crippen LogP contribution in [0.1, 0.15) is 18.6 Å². The van der Waals surface area contributed by atoms with Gasteiger partial charge >= 0.3 is 6.03 Å². The molecule has 1 fully saturated rings. The summed E-state index contributed by atoms with van der Waals surface area (Å²) >= 11 is 0. The molecule has 0 unspecified atom stereocenters. The van der Waals surface area contributed by atoms with Gasteiger partial charge in [-0.05, 0) is 31.9 Å². The van der Waals surface area contributed by atoms with Crippen LogP contribution in [0.15, 0.2) is 34.9 Å². The zero-order chi connectivity index (χ0) is 18.5. The average Bonchev–Trinajstić information content (AvgIpc) is 3.07. The van der Waals surface area contributed by atoms with E-state index in [1.165, 1.54) is 0 Å². The lowest BCUT2D eigenvalue weighted by Crippen LogP contribution is -2.43. The number of methoxy groups -OCH3 is 1. The molecule has 138 valence electrons. The van der Waals surface area contributed by atoms with Crippen molar-refractivity contribution in [2.75, 3.05) is 30.8 Å². The van der Waals surface area contributed by atoms with Crippen molar-refractivity contribution in [1.82, 2.24) is 10.1 Å². The van der Waals surface area contributed by atoms with Gasteiger partial charge in [0.15, 0.2) is 5.82 Å². The zero-order valence-corrected chi connectivity index (χ0v) is 14.8. The van der Waals surface area contributed by atoms with E-state index in [2.05, 4.69) is 15.8 Å². The van der Waals surface area contributed by atoms with Gasteiger partial charge in [-0.1, -0.05) is 17.3 Å². The molecular weight excluding hydrogens is 336 g/mol. The molecule has 0 atom stereocenters. The number of benzene rings is 1. The summed E-state index contributed by atoms with van der Waals surface area (Å²) in [5.74, 6) is 1.43. The van der Waals surface area contributed by atoms with Crippen molar-refractivity contribution in [3.05, 3.63) is 36.1 Å². The number of carbonyl (C=O) groups excluding carboxylic acids is 2. The summed E-state index contributed by atoms with van der Waals surface area (Å²) in [6.45, 7) is 2.79. The van der Waals surface area contributed by atoms with Crippen molar-refractivity contribution in [2.45, 2.75) is 19.8 Å². The quantitative estimate of drug-likeness (QED) is 0.876. The van der Waals surface area contributed by atoms with Gasteiger partial charge in [0.25, 0.3) is 0 Å². The maximum absolute atomic E-state index is 12.4. The monoisotopic (exact) mass is 358 g/mol. The number of likely N-dealkylation sites (tertiary alicyclic amines) is 1. The van der Waals surface area contributed by atoms with Crippen LogP contribution in [-0.4, -0.2) is 42.2 Å². The molecule has 2 N–H and O–H groups in total. The Morgan fingerprint density at radius 3 is 2.62 bits per heavy atom. The summed E-state index contributed by atoms with van der Waals surface area (Å²) < 4.78 is 10.2. The van der Waals surface area contributed by atoms with Gasteiger partial charge in [-0.15, -0.1) is 0 Å². The number of para-hydroxylation sites is 2. The number of nitrogens with one attached hydrogen (secondary N) is 2. The predicted molar refractivity (Wildman–Crippen MR) is 96.2 cm³/mol. The zero-order valence-electron chi connectivity index (χ0n) is 14.8. The van der Waals surface area contributed by atoms with E-state index in [1.807, 2.05) is 12.1 Å². The second kappa shape index (κ2) is 7.90. The number of carbonyl (C=O) groups is 2. The highest BCUT2D eigenvalue weighted by Gasteiger charge is 2.28. The lowest BCUT2D eigenvalue weighted by atomic mass is 9.96. The fraction of sp³-hybridized carbons (Fsp3) is 0.389. The van der Waals surface area contributed by atoms with E-state index in [0.717, 1.165) is 0 Å². The number of hydrogen-bond acceptors (Lipinski definition) is 5. The second-order valence-corrected chi connectivity index (χ2v) is 6.20. The molecule has 26 heavy (non-hydrogen) atoms. The Balaban J connectivity index is 1.51. The summed E-state index contributed by atoms with van der Waals surface area (Å²) in [7, 11) is 1.56. The maximum Gasteiger partial charge on any atom is 0.321 e. The number of aryl methyl sites for hydroxylation is 1. The average molecular weight is 358 g/mol. The molecule has 1 aliphatic rings. The van der Waals surface area contributed by atoms with Crippen molar-refractivity contribution in [3.63, 3.8) is 0 Å². The Hall–Kier alpha value is -3.03. The molecule has 1 saturated heterocycles. The number of urea groups is 1. The number of nitrogens with zero attached hydrogens (tertiary/aromatic N) is 2. The Bertz CT molecular complexity index is 781. The number of ether oxygens (including phenoxy) is 1. The first-order chi connectivity index (χ1) is 12.6. The molecule has 8 nitrogen and oxygen atoms in total. The molecule has 0 spiro atoms. The first-order valence-electron chi connectivity index (χ1n) is 8.50. The predicted octanol–water partition coefficient (Wildman–Crippen LogP) is 2.87. The van der Waals surface area contributed by atoms with Gasteiger partial charge < -0.3 is 24.8 Å². The minimum atomic E-state index is -0.194. The molecule has 1 aromatic heterocycles. The third-order valence-corrected chi connectivity index (χ3v) is 4.38. The van der Waals surface area contributed by atoms with Crippen molar-refractivity contribution >= 4 is 23.4 Å². The summed E-state index contributed by atoms with van der Waals surface area (Å²) in [5.41, 5.74) is 0.626. The van der Waals surface area contributed by atoms with Crippen molar-refractivity contribution in [3.8, 4) is 5.75 Å². The first kappa shape index (κ1) is 17.8. The summed E-state index contributed by atoms with van der Waals surface area (Å²) in [4.78, 5) is 26.4. The molecule has 0 aliphatic carbocycles. The molecule has 2 aromatic rings. The van der Waals surface area contributed by atoms with Gasteiger partial charge in [0.1, 0.15) is 11.5 Å². The lowest BCUT2D eigenvalue weighted by Gasteiger charge is -2.31. The van der Waals surface area contributed by atoms with Crippen LogP contribution in [0, 0.1) is 12.8 Å². The van der Waals surface area contributed by atoms with E-state index < -0.39 is 0 Å². The van der Waals surface area contributed by atoms with E-state index in [0.29, 0.717) is 48.9 Å². The third-order valence-electron chi connectivity index (χ3n) is 4.38. The Labute approximate surface area is 151 Å². The van der Waals surface area contributed by atoms with Gasteiger partial charge in [-0.25, -0.2) is 4.79 Å². The van der Waals surface area contributed by atoms with Crippen molar-refractivity contribution in [2.24, 2.45) is 5.92 Å². The highest BCUT2D eigenvalue weighted by Crippen LogP contribution is 2.25. The van der Waals surface area contributed by atoms with Crippen LogP contribution in [0.4, 0.5) is 16.3 Å². The molecule has 0 saturated carbocycles. The van der Waals surface area contributed by atoms with Crippen molar-refractivity contribution in [1.29, 1.82) is 0 Å². The molecule has 2 heterocycles. The highest BCUT2D eigenvalue weighted by atomic mass is 16.5. The molecule has 0 radical (unpaired) electrons. The summed E-state index contributed by atoms with van der Waals surface area (Å²) in [6, 6.07) is 8.73. The van der Waals surface area contributed by atoms with Crippen LogP contribution in [0.5, 0.6) is 5.75 Å². The number of rotatable bonds is 4. The number of hydrogen-bond donors (Lipinski definition) is 2. The van der Waals surface area contributed by atoms with Gasteiger partial charge in [0.05, 0.1) is 12.8 Å². The van der Waals surface area contributed by atoms with Crippen molar-refractivity contribution < 1.29 is 18.8 Å². The Morgan fingerprint density at radius 1 is 1.23 bits per heavy atom. The minimum absolute atomic E-state index is 0.0944. The van der Waals surface area contributed by atoms with Crippen LogP contribution >= 0.6 is 0 Å². The smallest absolute Gasteiger partial charge is 0.321 e. The van der Waals surface area contributed by atoms with Gasteiger partial charge in [-0.3, -0.25) is 4.79 Å². The molecule has 3 rings (SSSR count). The molecule has 3 amide bonds. The van der Waals surface area contributed by atoms with Crippen LogP contribution < -0.4 is 15.4 Å². The first-order valence-corrected chi connectivity index (χ1v) is 8.50. The fourth-order valence-electron chi connectivity index (χ4n) is 2.94. The summed E-state index contributed by atoms with van der Waals surface area (Å²) in [5, 5.41) is 9.37. The Kier molecular flexibility index (Phi) is 5.40. The SMILES string of the molecule is COc1ccccc1NC(=O)N1CCC(C(=O)Nc2cc(C)on2)CC1. The molecule has 1 aromatic carbocycles. The molecule has 0 bridgehead atoms. The maximum atomic E-state index is 12.4. The van der Waals surface area contributed by atoms with E-state index in [-0.39, 0.29) is 17.9 Å². The van der Waals surface area contributed by atoms with E-state index in [9.17, 15) is 9.59 Å². The largest absolute Gasteiger partial charge is 0.495 e. The Morgan fingerprint density at radius 2 is 1.96 bits per heavy atom.